The Bertz CT molecular complexity index is 748. The van der Waals surface area contributed by atoms with Crippen molar-refractivity contribution in [3.63, 3.8) is 0 Å². The Labute approximate surface area is 154 Å². The van der Waals surface area contributed by atoms with Gasteiger partial charge in [0.15, 0.2) is 6.79 Å². The van der Waals surface area contributed by atoms with E-state index in [9.17, 15) is 14.4 Å². The summed E-state index contributed by atoms with van der Waals surface area (Å²) in [5.74, 6) is -0.699. The fraction of sp³-hybridized carbons (Fsp3) is 0.353. The highest BCUT2D eigenvalue weighted by Gasteiger charge is 2.52. The maximum Gasteiger partial charge on any atom is 0.352 e. The average Bonchev–Trinajstić information content (AvgIpc) is 2.64. The summed E-state index contributed by atoms with van der Waals surface area (Å²) < 4.78 is 10.1. The first kappa shape index (κ1) is 18.3. The molecule has 2 amide bonds. The number of carboxylic acid groups (broad SMARTS) is 1. The summed E-state index contributed by atoms with van der Waals surface area (Å²) in [5.41, 5.74) is 0.759. The molecule has 2 N–H and O–H groups in total. The van der Waals surface area contributed by atoms with Crippen LogP contribution in [0.25, 0.3) is 0 Å². The van der Waals surface area contributed by atoms with E-state index < -0.39 is 17.9 Å². The number of amides is 2. The van der Waals surface area contributed by atoms with Crippen molar-refractivity contribution in [3.05, 3.63) is 41.6 Å². The summed E-state index contributed by atoms with van der Waals surface area (Å²) in [7, 11) is 1.53. The van der Waals surface area contributed by atoms with Crippen LogP contribution in [0.2, 0.25) is 0 Å². The molecule has 2 aliphatic heterocycles. The zero-order chi connectivity index (χ0) is 18.7. The van der Waals surface area contributed by atoms with Crippen molar-refractivity contribution in [1.82, 2.24) is 10.2 Å². The number of benzene rings is 1. The number of rotatable bonds is 7. The number of carbonyl (C=O) groups excluding carboxylic acids is 2. The summed E-state index contributed by atoms with van der Waals surface area (Å²) in [6, 6.07) is 6.30. The van der Waals surface area contributed by atoms with E-state index in [1.165, 1.54) is 29.8 Å². The Hall–Kier alpha value is -2.52. The minimum atomic E-state index is -1.13. The molecule has 0 aliphatic carbocycles. The van der Waals surface area contributed by atoms with Crippen LogP contribution in [0.1, 0.15) is 5.56 Å². The minimum absolute atomic E-state index is 0.0177. The third kappa shape index (κ3) is 3.68. The second-order valence-corrected chi connectivity index (χ2v) is 6.89. The van der Waals surface area contributed by atoms with Crippen molar-refractivity contribution >= 4 is 29.5 Å². The maximum atomic E-state index is 12.2. The third-order valence-electron chi connectivity index (χ3n) is 4.01. The molecule has 1 aromatic carbocycles. The second-order valence-electron chi connectivity index (χ2n) is 5.74. The molecule has 0 radical (unpaired) electrons. The van der Waals surface area contributed by atoms with Gasteiger partial charge in [-0.15, -0.1) is 11.8 Å². The fourth-order valence-electron chi connectivity index (χ4n) is 2.78. The molecule has 2 aliphatic rings. The lowest BCUT2D eigenvalue weighted by molar-refractivity contribution is -0.150. The summed E-state index contributed by atoms with van der Waals surface area (Å²) in [4.78, 5) is 36.8. The van der Waals surface area contributed by atoms with Gasteiger partial charge in [-0.25, -0.2) is 4.79 Å². The number of thioether (sulfide) groups is 1. The standard InChI is InChI=1S/C17H18N2O6S/c1-24-9-25-11-4-2-10(3-5-11)8-13(20)18-14-15(21)19-12(17(22)23)6-7-26-16(14)19/h2-6,14,16H,7-9H2,1H3,(H,18,20)(H,22,23)/t14?,16-/m1/s1. The highest BCUT2D eigenvalue weighted by atomic mass is 32.2. The molecular weight excluding hydrogens is 360 g/mol. The molecule has 1 saturated heterocycles. The molecule has 0 spiro atoms. The molecule has 0 saturated carbocycles. The van der Waals surface area contributed by atoms with Crippen molar-refractivity contribution in [2.75, 3.05) is 19.7 Å². The van der Waals surface area contributed by atoms with Crippen LogP contribution in [-0.2, 0) is 25.5 Å². The number of fused-ring (bicyclic) bond motifs is 1. The van der Waals surface area contributed by atoms with Gasteiger partial charge in [0.2, 0.25) is 5.91 Å². The molecule has 2 atom stereocenters. The van der Waals surface area contributed by atoms with E-state index in [4.69, 9.17) is 14.6 Å². The number of ether oxygens (including phenoxy) is 2. The topological polar surface area (TPSA) is 105 Å². The SMILES string of the molecule is COCOc1ccc(CC(=O)NC2C(=O)N3C(C(=O)O)=CCS[C@H]23)cc1. The first-order valence-corrected chi connectivity index (χ1v) is 8.94. The van der Waals surface area contributed by atoms with Crippen molar-refractivity contribution in [3.8, 4) is 5.75 Å². The van der Waals surface area contributed by atoms with E-state index in [2.05, 4.69) is 5.32 Å². The Balaban J connectivity index is 1.55. The molecule has 0 aromatic heterocycles. The van der Waals surface area contributed by atoms with Crippen LogP contribution in [-0.4, -0.2) is 58.9 Å². The summed E-state index contributed by atoms with van der Waals surface area (Å²) in [5, 5.41) is 11.5. The van der Waals surface area contributed by atoms with E-state index >= 15 is 0 Å². The van der Waals surface area contributed by atoms with Crippen LogP contribution in [0, 0.1) is 0 Å². The molecule has 138 valence electrons. The smallest absolute Gasteiger partial charge is 0.352 e. The molecule has 1 aromatic rings. The van der Waals surface area contributed by atoms with E-state index in [0.717, 1.165) is 5.56 Å². The van der Waals surface area contributed by atoms with Crippen LogP contribution in [0.4, 0.5) is 0 Å². The molecule has 9 heteroatoms. The molecule has 3 rings (SSSR count). The number of nitrogens with zero attached hydrogens (tertiary/aromatic N) is 1. The largest absolute Gasteiger partial charge is 0.477 e. The van der Waals surface area contributed by atoms with Gasteiger partial charge in [-0.05, 0) is 23.8 Å². The van der Waals surface area contributed by atoms with Gasteiger partial charge >= 0.3 is 5.97 Å². The van der Waals surface area contributed by atoms with Crippen LogP contribution in [0.3, 0.4) is 0 Å². The highest BCUT2D eigenvalue weighted by Crippen LogP contribution is 2.37. The van der Waals surface area contributed by atoms with Gasteiger partial charge in [0.05, 0.1) is 6.42 Å². The van der Waals surface area contributed by atoms with Crippen LogP contribution >= 0.6 is 11.8 Å². The van der Waals surface area contributed by atoms with Gasteiger partial charge in [-0.2, -0.15) is 0 Å². The zero-order valence-corrected chi connectivity index (χ0v) is 14.8. The van der Waals surface area contributed by atoms with Crippen molar-refractivity contribution in [2.45, 2.75) is 17.8 Å². The lowest BCUT2D eigenvalue weighted by Crippen LogP contribution is -2.70. The molecular formula is C17H18N2O6S. The molecule has 8 nitrogen and oxygen atoms in total. The van der Waals surface area contributed by atoms with Gasteiger partial charge in [-0.3, -0.25) is 14.5 Å². The third-order valence-corrected chi connectivity index (χ3v) is 5.20. The molecule has 1 fully saturated rings. The van der Waals surface area contributed by atoms with Gasteiger partial charge < -0.3 is 19.9 Å². The average molecular weight is 378 g/mol. The number of hydrogen-bond acceptors (Lipinski definition) is 6. The van der Waals surface area contributed by atoms with E-state index in [0.29, 0.717) is 11.5 Å². The first-order valence-electron chi connectivity index (χ1n) is 7.89. The number of β-lactam (4-membered cyclic amide) rings is 1. The number of hydrogen-bond donors (Lipinski definition) is 2. The Kier molecular flexibility index (Phi) is 5.48. The van der Waals surface area contributed by atoms with Crippen molar-refractivity contribution in [2.24, 2.45) is 0 Å². The van der Waals surface area contributed by atoms with Gasteiger partial charge in [-0.1, -0.05) is 12.1 Å². The zero-order valence-electron chi connectivity index (χ0n) is 14.0. The lowest BCUT2D eigenvalue weighted by atomic mass is 10.0. The number of aliphatic carboxylic acids is 1. The van der Waals surface area contributed by atoms with E-state index in [-0.39, 0.29) is 30.2 Å². The van der Waals surface area contributed by atoms with Crippen LogP contribution in [0.15, 0.2) is 36.0 Å². The van der Waals surface area contributed by atoms with E-state index in [1.807, 2.05) is 0 Å². The quantitative estimate of drug-likeness (QED) is 0.528. The molecule has 0 bridgehead atoms. The monoisotopic (exact) mass is 378 g/mol. The Morgan fingerprint density at radius 1 is 1.35 bits per heavy atom. The Morgan fingerprint density at radius 2 is 2.08 bits per heavy atom. The Morgan fingerprint density at radius 3 is 2.73 bits per heavy atom. The number of carboxylic acids is 1. The van der Waals surface area contributed by atoms with Crippen molar-refractivity contribution < 1.29 is 29.0 Å². The van der Waals surface area contributed by atoms with Gasteiger partial charge in [0, 0.05) is 12.9 Å². The predicted molar refractivity (Wildman–Crippen MR) is 93.4 cm³/mol. The number of nitrogens with one attached hydrogen (secondary N) is 1. The lowest BCUT2D eigenvalue weighted by Gasteiger charge is -2.48. The normalized spacial score (nSPS) is 21.3. The highest BCUT2D eigenvalue weighted by molar-refractivity contribution is 8.00. The van der Waals surface area contributed by atoms with Gasteiger partial charge in [0.1, 0.15) is 22.9 Å². The summed E-state index contributed by atoms with van der Waals surface area (Å²) >= 11 is 1.43. The van der Waals surface area contributed by atoms with E-state index in [1.54, 1.807) is 24.3 Å². The summed E-state index contributed by atoms with van der Waals surface area (Å²) in [6.07, 6.45) is 1.62. The van der Waals surface area contributed by atoms with Crippen molar-refractivity contribution in [1.29, 1.82) is 0 Å². The second kappa shape index (κ2) is 7.79. The minimum Gasteiger partial charge on any atom is -0.477 e. The molecule has 1 unspecified atom stereocenters. The van der Waals surface area contributed by atoms with Crippen LogP contribution in [0.5, 0.6) is 5.75 Å². The van der Waals surface area contributed by atoms with Crippen LogP contribution < -0.4 is 10.1 Å². The molecule has 2 heterocycles. The summed E-state index contributed by atoms with van der Waals surface area (Å²) in [6.45, 7) is 0.145. The maximum absolute atomic E-state index is 12.2. The number of carbonyl (C=O) groups is 3. The predicted octanol–water partition coefficient (Wildman–Crippen LogP) is 0.580. The first-order chi connectivity index (χ1) is 12.5. The van der Waals surface area contributed by atoms with Gasteiger partial charge in [0.25, 0.3) is 5.91 Å². The number of methoxy groups -OCH3 is 1. The fourth-order valence-corrected chi connectivity index (χ4v) is 3.97. The molecule has 26 heavy (non-hydrogen) atoms.